The minimum atomic E-state index is -0.845. The highest BCUT2D eigenvalue weighted by molar-refractivity contribution is 5.77. The van der Waals surface area contributed by atoms with E-state index < -0.39 is 24.4 Å². The predicted octanol–water partition coefficient (Wildman–Crippen LogP) is -1.12. The van der Waals surface area contributed by atoms with Crippen molar-refractivity contribution in [1.82, 2.24) is 19.5 Å². The van der Waals surface area contributed by atoms with Gasteiger partial charge < -0.3 is 25.2 Å². The van der Waals surface area contributed by atoms with Crippen molar-refractivity contribution in [3.8, 4) is 11.9 Å². The van der Waals surface area contributed by atoms with Gasteiger partial charge in [-0.1, -0.05) is 0 Å². The molecule has 0 aliphatic carbocycles. The van der Waals surface area contributed by atoms with E-state index in [0.717, 1.165) is 6.33 Å². The third kappa shape index (κ3) is 1.79. The van der Waals surface area contributed by atoms with E-state index in [2.05, 4.69) is 15.0 Å². The molecule has 2 aromatic heterocycles. The Morgan fingerprint density at radius 3 is 2.84 bits per heavy atom. The summed E-state index contributed by atoms with van der Waals surface area (Å²) in [6, 6.07) is -0.401. The molecule has 1 aliphatic rings. The minimum Gasteiger partial charge on any atom is -0.492 e. The number of hydrogen-bond acceptors (Lipinski definition) is 8. The standard InChI is InChI=1S/C10H12N4O5/c15-2-5-4(16)1-6(19-5)14-8-7(13-10(14)18)9(17)12-3-11-8/h3-6,15-16H,1-2H2,(H,13,18)(H,11,12,17)/t4-,5+,6+/m1/s1. The lowest BCUT2D eigenvalue weighted by Gasteiger charge is -2.14. The first-order chi connectivity index (χ1) is 9.11. The van der Waals surface area contributed by atoms with Crippen molar-refractivity contribution in [3.63, 3.8) is 0 Å². The van der Waals surface area contributed by atoms with Gasteiger partial charge in [-0.25, -0.2) is 4.98 Å². The van der Waals surface area contributed by atoms with Crippen LogP contribution in [0.5, 0.6) is 11.9 Å². The number of nitrogens with zero attached hydrogens (tertiary/aromatic N) is 4. The first kappa shape index (κ1) is 12.1. The van der Waals surface area contributed by atoms with Gasteiger partial charge in [-0.2, -0.15) is 9.97 Å². The molecule has 2 aromatic rings. The molecule has 0 radical (unpaired) electrons. The molecule has 3 heterocycles. The molecular weight excluding hydrogens is 256 g/mol. The molecule has 9 nitrogen and oxygen atoms in total. The van der Waals surface area contributed by atoms with Crippen molar-refractivity contribution in [3.05, 3.63) is 6.33 Å². The zero-order valence-corrected chi connectivity index (χ0v) is 9.71. The molecule has 9 heteroatoms. The number of imidazole rings is 1. The highest BCUT2D eigenvalue weighted by Crippen LogP contribution is 2.35. The Hall–Kier alpha value is -1.97. The topological polar surface area (TPSA) is 134 Å². The van der Waals surface area contributed by atoms with Crippen LogP contribution in [0.15, 0.2) is 6.33 Å². The fraction of sp³-hybridized carbons (Fsp3) is 0.500. The Bertz CT molecular complexity index is 615. The van der Waals surface area contributed by atoms with Crippen molar-refractivity contribution in [2.24, 2.45) is 0 Å². The van der Waals surface area contributed by atoms with E-state index in [0.29, 0.717) is 0 Å². The molecule has 1 fully saturated rings. The van der Waals surface area contributed by atoms with Crippen LogP contribution in [0.2, 0.25) is 0 Å². The average molecular weight is 268 g/mol. The van der Waals surface area contributed by atoms with Gasteiger partial charge in [-0.05, 0) is 0 Å². The van der Waals surface area contributed by atoms with Crippen LogP contribution in [-0.2, 0) is 4.74 Å². The van der Waals surface area contributed by atoms with Crippen LogP contribution < -0.4 is 0 Å². The van der Waals surface area contributed by atoms with Crippen LogP contribution in [-0.4, -0.2) is 58.8 Å². The maximum Gasteiger partial charge on any atom is 0.298 e. The maximum absolute atomic E-state index is 9.81. The molecule has 1 saturated heterocycles. The molecule has 0 saturated carbocycles. The molecule has 0 bridgehead atoms. The van der Waals surface area contributed by atoms with Crippen molar-refractivity contribution in [1.29, 1.82) is 0 Å². The third-order valence-corrected chi connectivity index (χ3v) is 3.11. The van der Waals surface area contributed by atoms with Crippen molar-refractivity contribution >= 4 is 11.2 Å². The summed E-state index contributed by atoms with van der Waals surface area (Å²) in [5.41, 5.74) is 0.242. The summed E-state index contributed by atoms with van der Waals surface area (Å²) in [6.07, 6.45) is -0.981. The second-order valence-corrected chi connectivity index (χ2v) is 4.27. The second-order valence-electron chi connectivity index (χ2n) is 4.27. The first-order valence-corrected chi connectivity index (χ1v) is 5.67. The fourth-order valence-electron chi connectivity index (χ4n) is 2.19. The van der Waals surface area contributed by atoms with E-state index >= 15 is 0 Å². The molecule has 4 N–H and O–H groups in total. The van der Waals surface area contributed by atoms with Crippen LogP contribution in [0.1, 0.15) is 12.6 Å². The monoisotopic (exact) mass is 268 g/mol. The average Bonchev–Trinajstić information content (AvgIpc) is 2.90. The van der Waals surface area contributed by atoms with Gasteiger partial charge in [0.05, 0.1) is 12.7 Å². The Morgan fingerprint density at radius 2 is 2.16 bits per heavy atom. The molecule has 19 heavy (non-hydrogen) atoms. The molecule has 0 amide bonds. The lowest BCUT2D eigenvalue weighted by atomic mass is 10.2. The van der Waals surface area contributed by atoms with Crippen LogP contribution >= 0.6 is 0 Å². The molecule has 0 aromatic carbocycles. The quantitative estimate of drug-likeness (QED) is 0.538. The molecule has 1 aliphatic heterocycles. The summed E-state index contributed by atoms with van der Waals surface area (Å²) in [4.78, 5) is 11.2. The first-order valence-electron chi connectivity index (χ1n) is 5.67. The summed E-state index contributed by atoms with van der Waals surface area (Å²) in [6.45, 7) is -0.328. The smallest absolute Gasteiger partial charge is 0.298 e. The Kier molecular flexibility index (Phi) is 2.73. The summed E-state index contributed by atoms with van der Waals surface area (Å²) in [5, 5.41) is 38.1. The molecule has 102 valence electrons. The van der Waals surface area contributed by atoms with Crippen molar-refractivity contribution < 1.29 is 25.2 Å². The predicted molar refractivity (Wildman–Crippen MR) is 60.3 cm³/mol. The van der Waals surface area contributed by atoms with Crippen LogP contribution in [0, 0.1) is 0 Å². The summed E-state index contributed by atoms with van der Waals surface area (Å²) < 4.78 is 6.66. The summed E-state index contributed by atoms with van der Waals surface area (Å²) >= 11 is 0. The van der Waals surface area contributed by atoms with Crippen LogP contribution in [0.25, 0.3) is 11.2 Å². The van der Waals surface area contributed by atoms with E-state index in [1.807, 2.05) is 0 Å². The fourth-order valence-corrected chi connectivity index (χ4v) is 2.19. The van der Waals surface area contributed by atoms with Gasteiger partial charge >= 0.3 is 0 Å². The summed E-state index contributed by atoms with van der Waals surface area (Å²) in [7, 11) is 0. The number of fused-ring (bicyclic) bond motifs is 1. The lowest BCUT2D eigenvalue weighted by molar-refractivity contribution is -0.0450. The summed E-state index contributed by atoms with van der Waals surface area (Å²) in [5.74, 6) is -0.351. The van der Waals surface area contributed by atoms with Crippen LogP contribution in [0.4, 0.5) is 0 Å². The minimum absolute atomic E-state index is 0.0468. The number of aliphatic hydroxyl groups excluding tert-OH is 2. The van der Waals surface area contributed by atoms with Gasteiger partial charge in [0.25, 0.3) is 6.01 Å². The Morgan fingerprint density at radius 1 is 1.37 bits per heavy atom. The Labute approximate surface area is 106 Å². The number of hydrogen-bond donors (Lipinski definition) is 4. The highest BCUT2D eigenvalue weighted by Gasteiger charge is 2.37. The van der Waals surface area contributed by atoms with Gasteiger partial charge in [0, 0.05) is 6.42 Å². The lowest BCUT2D eigenvalue weighted by Crippen LogP contribution is -2.24. The normalized spacial score (nSPS) is 27.2. The zero-order chi connectivity index (χ0) is 13.6. The van der Waals surface area contributed by atoms with E-state index in [9.17, 15) is 15.3 Å². The number of aromatic nitrogens is 4. The maximum atomic E-state index is 9.81. The van der Waals surface area contributed by atoms with Gasteiger partial charge in [-0.3, -0.25) is 4.57 Å². The molecule has 0 unspecified atom stereocenters. The second kappa shape index (κ2) is 4.30. The Balaban J connectivity index is 2.06. The van der Waals surface area contributed by atoms with E-state index in [4.69, 9.17) is 9.84 Å². The van der Waals surface area contributed by atoms with Gasteiger partial charge in [0.1, 0.15) is 18.7 Å². The van der Waals surface area contributed by atoms with Gasteiger partial charge in [-0.15, -0.1) is 0 Å². The van der Waals surface area contributed by atoms with Crippen molar-refractivity contribution in [2.75, 3.05) is 6.61 Å². The molecule has 0 spiro atoms. The molecule has 3 atom stereocenters. The van der Waals surface area contributed by atoms with E-state index in [1.165, 1.54) is 4.57 Å². The number of rotatable bonds is 2. The van der Waals surface area contributed by atoms with E-state index in [1.54, 1.807) is 0 Å². The van der Waals surface area contributed by atoms with Gasteiger partial charge in [0.2, 0.25) is 5.88 Å². The largest absolute Gasteiger partial charge is 0.492 e. The molecular formula is C10H12N4O5. The number of ether oxygens (including phenoxy) is 1. The SMILES string of the molecule is OC[C@@H]1O[C@H](n2c(O)nc3c(O)ncnc32)C[C@H]1O. The number of aromatic hydroxyl groups is 2. The third-order valence-electron chi connectivity index (χ3n) is 3.11. The molecule has 3 rings (SSSR count). The van der Waals surface area contributed by atoms with E-state index in [-0.39, 0.29) is 30.1 Å². The number of aliphatic hydroxyl groups is 2. The highest BCUT2D eigenvalue weighted by atomic mass is 16.5. The van der Waals surface area contributed by atoms with Crippen molar-refractivity contribution in [2.45, 2.75) is 24.9 Å². The zero-order valence-electron chi connectivity index (χ0n) is 9.71. The van der Waals surface area contributed by atoms with Crippen LogP contribution in [0.3, 0.4) is 0 Å². The van der Waals surface area contributed by atoms with Gasteiger partial charge in [0.15, 0.2) is 11.2 Å².